The van der Waals surface area contributed by atoms with Gasteiger partial charge in [0.1, 0.15) is 0 Å². The van der Waals surface area contributed by atoms with Gasteiger partial charge in [-0.15, -0.1) is 0 Å². The van der Waals surface area contributed by atoms with E-state index in [-0.39, 0.29) is 28.2 Å². The highest BCUT2D eigenvalue weighted by Crippen LogP contribution is 2.26. The van der Waals surface area contributed by atoms with Crippen molar-refractivity contribution in [2.45, 2.75) is 19.8 Å². The molecule has 1 aromatic rings. The molecule has 1 aliphatic heterocycles. The third-order valence-electron chi connectivity index (χ3n) is 3.84. The fraction of sp³-hybridized carbons (Fsp3) is 0.467. The highest BCUT2D eigenvalue weighted by atomic mass is 79.9. The molecule has 0 saturated carbocycles. The van der Waals surface area contributed by atoms with Crippen LogP contribution < -0.4 is 0 Å². The van der Waals surface area contributed by atoms with Gasteiger partial charge in [0.15, 0.2) is 6.61 Å². The van der Waals surface area contributed by atoms with E-state index in [4.69, 9.17) is 4.74 Å². The Bertz CT molecular complexity index is 626. The number of rotatable bonds is 4. The van der Waals surface area contributed by atoms with E-state index >= 15 is 0 Å². The highest BCUT2D eigenvalue weighted by molar-refractivity contribution is 9.10. The van der Waals surface area contributed by atoms with Crippen LogP contribution in [0.4, 0.5) is 5.69 Å². The Morgan fingerprint density at radius 2 is 2.04 bits per heavy atom. The minimum Gasteiger partial charge on any atom is -0.452 e. The number of nitro benzene ring substituents is 1. The van der Waals surface area contributed by atoms with Gasteiger partial charge in [-0.2, -0.15) is 0 Å². The number of ether oxygens (including phenoxy) is 1. The number of esters is 1. The van der Waals surface area contributed by atoms with Crippen molar-refractivity contribution >= 4 is 33.5 Å². The smallest absolute Gasteiger partial charge is 0.338 e. The largest absolute Gasteiger partial charge is 0.452 e. The number of amides is 1. The first kappa shape index (κ1) is 17.4. The van der Waals surface area contributed by atoms with Gasteiger partial charge in [0, 0.05) is 19.2 Å². The number of nitrogens with zero attached hydrogens (tertiary/aromatic N) is 2. The molecule has 23 heavy (non-hydrogen) atoms. The maximum absolute atomic E-state index is 12.0. The lowest BCUT2D eigenvalue weighted by Crippen LogP contribution is -2.40. The molecule has 0 spiro atoms. The zero-order valence-corrected chi connectivity index (χ0v) is 14.2. The quantitative estimate of drug-likeness (QED) is 0.452. The van der Waals surface area contributed by atoms with Gasteiger partial charge in [-0.25, -0.2) is 4.79 Å². The lowest BCUT2D eigenvalue weighted by atomic mass is 9.99. The van der Waals surface area contributed by atoms with E-state index in [1.807, 2.05) is 0 Å². The number of benzene rings is 1. The second-order valence-electron chi connectivity index (χ2n) is 5.56. The van der Waals surface area contributed by atoms with Crippen molar-refractivity contribution in [1.82, 2.24) is 4.90 Å². The third-order valence-corrected chi connectivity index (χ3v) is 4.51. The van der Waals surface area contributed by atoms with Crippen LogP contribution in [0, 0.1) is 16.0 Å². The van der Waals surface area contributed by atoms with Crippen molar-refractivity contribution in [3.8, 4) is 0 Å². The van der Waals surface area contributed by atoms with Crippen molar-refractivity contribution in [2.75, 3.05) is 19.7 Å². The van der Waals surface area contributed by atoms with E-state index in [0.717, 1.165) is 18.9 Å². The normalized spacial score (nSPS) is 15.3. The fourth-order valence-electron chi connectivity index (χ4n) is 2.34. The first-order valence-corrected chi connectivity index (χ1v) is 8.06. The molecule has 0 bridgehead atoms. The fourth-order valence-corrected chi connectivity index (χ4v) is 2.73. The van der Waals surface area contributed by atoms with Crippen molar-refractivity contribution in [3.63, 3.8) is 0 Å². The van der Waals surface area contributed by atoms with Gasteiger partial charge in [0.05, 0.1) is 15.0 Å². The first-order valence-electron chi connectivity index (χ1n) is 7.27. The van der Waals surface area contributed by atoms with Crippen LogP contribution in [0.3, 0.4) is 0 Å². The molecule has 0 aromatic heterocycles. The van der Waals surface area contributed by atoms with Crippen molar-refractivity contribution < 1.29 is 19.2 Å². The molecule has 0 atom stereocenters. The Kier molecular flexibility index (Phi) is 5.70. The summed E-state index contributed by atoms with van der Waals surface area (Å²) < 4.78 is 5.25. The van der Waals surface area contributed by atoms with Crippen LogP contribution in [-0.4, -0.2) is 41.4 Å². The number of hydrogen-bond acceptors (Lipinski definition) is 5. The number of likely N-dealkylation sites (tertiary alicyclic amines) is 1. The maximum Gasteiger partial charge on any atom is 0.338 e. The highest BCUT2D eigenvalue weighted by Gasteiger charge is 2.22. The molecule has 0 radical (unpaired) electrons. The number of carbonyl (C=O) groups excluding carboxylic acids is 2. The Labute approximate surface area is 141 Å². The average molecular weight is 385 g/mol. The number of carbonyl (C=O) groups is 2. The summed E-state index contributed by atoms with van der Waals surface area (Å²) in [5.74, 6) is -0.388. The summed E-state index contributed by atoms with van der Waals surface area (Å²) in [5, 5.41) is 10.9. The van der Waals surface area contributed by atoms with Gasteiger partial charge in [0.2, 0.25) is 0 Å². The second-order valence-corrected chi connectivity index (χ2v) is 6.42. The second kappa shape index (κ2) is 7.54. The molecule has 124 valence electrons. The number of piperidine rings is 1. The van der Waals surface area contributed by atoms with Crippen LogP contribution in [0.1, 0.15) is 30.1 Å². The molecule has 1 amide bonds. The number of nitro groups is 1. The standard InChI is InChI=1S/C15H17BrN2O5/c1-10-4-6-17(7-5-10)14(19)9-23-15(20)11-2-3-12(16)13(8-11)18(21)22/h2-3,8,10H,4-7,9H2,1H3. The van der Waals surface area contributed by atoms with Crippen LogP contribution in [0.2, 0.25) is 0 Å². The monoisotopic (exact) mass is 384 g/mol. The van der Waals surface area contributed by atoms with Gasteiger partial charge in [0.25, 0.3) is 11.6 Å². The molecule has 2 rings (SSSR count). The van der Waals surface area contributed by atoms with E-state index in [1.54, 1.807) is 4.90 Å². The van der Waals surface area contributed by atoms with E-state index in [9.17, 15) is 19.7 Å². The number of halogens is 1. The lowest BCUT2D eigenvalue weighted by Gasteiger charge is -2.30. The van der Waals surface area contributed by atoms with Crippen LogP contribution in [0.5, 0.6) is 0 Å². The molecule has 1 heterocycles. The lowest BCUT2D eigenvalue weighted by molar-refractivity contribution is -0.385. The zero-order valence-electron chi connectivity index (χ0n) is 12.7. The van der Waals surface area contributed by atoms with Crippen LogP contribution >= 0.6 is 15.9 Å². The molecule has 1 aliphatic rings. The van der Waals surface area contributed by atoms with E-state index < -0.39 is 10.9 Å². The molecular weight excluding hydrogens is 368 g/mol. The SMILES string of the molecule is CC1CCN(C(=O)COC(=O)c2ccc(Br)c([N+](=O)[O-])c2)CC1. The van der Waals surface area contributed by atoms with Gasteiger partial charge in [-0.3, -0.25) is 14.9 Å². The molecule has 0 aliphatic carbocycles. The van der Waals surface area contributed by atoms with E-state index in [2.05, 4.69) is 22.9 Å². The topological polar surface area (TPSA) is 89.8 Å². The maximum atomic E-state index is 12.0. The first-order chi connectivity index (χ1) is 10.9. The van der Waals surface area contributed by atoms with E-state index in [0.29, 0.717) is 19.0 Å². The summed E-state index contributed by atoms with van der Waals surface area (Å²) in [6.45, 7) is 3.13. The van der Waals surface area contributed by atoms with Crippen molar-refractivity contribution in [1.29, 1.82) is 0 Å². The Balaban J connectivity index is 1.93. The summed E-state index contributed by atoms with van der Waals surface area (Å²) in [4.78, 5) is 35.9. The van der Waals surface area contributed by atoms with Crippen molar-refractivity contribution in [3.05, 3.63) is 38.3 Å². The van der Waals surface area contributed by atoms with Gasteiger partial charge in [-0.05, 0) is 46.8 Å². The Morgan fingerprint density at radius 1 is 1.39 bits per heavy atom. The molecular formula is C15H17BrN2O5. The molecule has 8 heteroatoms. The molecule has 1 fully saturated rings. The minimum absolute atomic E-state index is 0.0416. The predicted octanol–water partition coefficient (Wildman–Crippen LogP) is 2.77. The predicted molar refractivity (Wildman–Crippen MR) is 86.1 cm³/mol. The van der Waals surface area contributed by atoms with Crippen molar-refractivity contribution in [2.24, 2.45) is 5.92 Å². The molecule has 1 saturated heterocycles. The summed E-state index contributed by atoms with van der Waals surface area (Å²) in [5.41, 5.74) is -0.184. The Hall–Kier alpha value is -1.96. The van der Waals surface area contributed by atoms with Crippen LogP contribution in [0.25, 0.3) is 0 Å². The third kappa shape index (κ3) is 4.51. The summed E-state index contributed by atoms with van der Waals surface area (Å²) in [6, 6.07) is 3.94. The minimum atomic E-state index is -0.751. The Morgan fingerprint density at radius 3 is 2.65 bits per heavy atom. The summed E-state index contributed by atoms with van der Waals surface area (Å²) in [6.07, 6.45) is 1.89. The molecule has 1 aromatic carbocycles. The van der Waals surface area contributed by atoms with Crippen LogP contribution in [0.15, 0.2) is 22.7 Å². The summed E-state index contributed by atoms with van der Waals surface area (Å²) in [7, 11) is 0. The van der Waals surface area contributed by atoms with Crippen LogP contribution in [-0.2, 0) is 9.53 Å². The molecule has 7 nitrogen and oxygen atoms in total. The molecule has 0 N–H and O–H groups in total. The van der Waals surface area contributed by atoms with Gasteiger partial charge >= 0.3 is 5.97 Å². The van der Waals surface area contributed by atoms with Gasteiger partial charge in [-0.1, -0.05) is 6.92 Å². The number of hydrogen-bond donors (Lipinski definition) is 0. The summed E-state index contributed by atoms with van der Waals surface area (Å²) >= 11 is 3.04. The average Bonchev–Trinajstić information content (AvgIpc) is 2.53. The zero-order chi connectivity index (χ0) is 17.0. The van der Waals surface area contributed by atoms with E-state index in [1.165, 1.54) is 12.1 Å². The van der Waals surface area contributed by atoms with Gasteiger partial charge < -0.3 is 9.64 Å². The molecule has 0 unspecified atom stereocenters.